The van der Waals surface area contributed by atoms with Crippen LogP contribution in [0.4, 0.5) is 11.4 Å². The zero-order valence-electron chi connectivity index (χ0n) is 12.6. The highest BCUT2D eigenvalue weighted by Gasteiger charge is 2.28. The van der Waals surface area contributed by atoms with E-state index >= 15 is 0 Å². The van der Waals surface area contributed by atoms with Crippen LogP contribution in [0.15, 0.2) is 54.6 Å². The quantitative estimate of drug-likeness (QED) is 0.942. The minimum atomic E-state index is -3.21. The number of rotatable bonds is 4. The number of fused-ring (bicyclic) bond motifs is 1. The molecule has 4 nitrogen and oxygen atoms in total. The zero-order valence-corrected chi connectivity index (χ0v) is 13.4. The molecule has 1 aliphatic rings. The second-order valence-corrected chi connectivity index (χ2v) is 7.45. The van der Waals surface area contributed by atoms with E-state index in [-0.39, 0.29) is 11.8 Å². The van der Waals surface area contributed by atoms with Crippen molar-refractivity contribution in [2.75, 3.05) is 17.2 Å². The third-order valence-electron chi connectivity index (χ3n) is 4.01. The molecule has 0 bridgehead atoms. The van der Waals surface area contributed by atoms with Crippen LogP contribution in [0.5, 0.6) is 0 Å². The van der Waals surface area contributed by atoms with Crippen molar-refractivity contribution in [1.82, 2.24) is 4.72 Å². The molecule has 116 valence electrons. The average molecular weight is 316 g/mol. The molecule has 0 spiro atoms. The Kier molecular flexibility index (Phi) is 4.18. The average Bonchev–Trinajstić information content (AvgIpc) is 2.56. The number of hydrogen-bond acceptors (Lipinski definition) is 3. The van der Waals surface area contributed by atoms with Gasteiger partial charge in [-0.15, -0.1) is 0 Å². The highest BCUT2D eigenvalue weighted by Crippen LogP contribution is 2.38. The van der Waals surface area contributed by atoms with Gasteiger partial charge in [0.15, 0.2) is 0 Å². The first-order valence-electron chi connectivity index (χ1n) is 7.52. The molecule has 5 heteroatoms. The van der Waals surface area contributed by atoms with Crippen LogP contribution in [-0.2, 0) is 10.0 Å². The van der Waals surface area contributed by atoms with E-state index in [0.717, 1.165) is 29.9 Å². The Balaban J connectivity index is 1.97. The Morgan fingerprint density at radius 3 is 2.50 bits per heavy atom. The second-order valence-electron chi connectivity index (χ2n) is 5.41. The van der Waals surface area contributed by atoms with Gasteiger partial charge in [-0.05, 0) is 37.1 Å². The van der Waals surface area contributed by atoms with Crippen molar-refractivity contribution in [3.05, 3.63) is 60.2 Å². The Hall–Kier alpha value is -1.85. The predicted molar refractivity (Wildman–Crippen MR) is 89.8 cm³/mol. The number of nitrogens with one attached hydrogen (secondary N) is 1. The molecule has 0 radical (unpaired) electrons. The third-order valence-corrected chi connectivity index (χ3v) is 5.42. The first-order chi connectivity index (χ1) is 10.6. The molecule has 0 saturated carbocycles. The Labute approximate surface area is 131 Å². The van der Waals surface area contributed by atoms with E-state index in [0.29, 0.717) is 0 Å². The van der Waals surface area contributed by atoms with Crippen molar-refractivity contribution < 1.29 is 8.42 Å². The van der Waals surface area contributed by atoms with Crippen molar-refractivity contribution in [2.45, 2.75) is 19.4 Å². The molecule has 0 amide bonds. The summed E-state index contributed by atoms with van der Waals surface area (Å²) in [4.78, 5) is 2.24. The van der Waals surface area contributed by atoms with Crippen molar-refractivity contribution in [3.8, 4) is 0 Å². The second kappa shape index (κ2) is 6.10. The van der Waals surface area contributed by atoms with Crippen LogP contribution in [-0.4, -0.2) is 20.7 Å². The van der Waals surface area contributed by atoms with E-state index in [1.165, 1.54) is 0 Å². The van der Waals surface area contributed by atoms with Gasteiger partial charge in [0.25, 0.3) is 0 Å². The highest BCUT2D eigenvalue weighted by molar-refractivity contribution is 7.89. The number of hydrogen-bond donors (Lipinski definition) is 1. The number of anilines is 2. The molecular weight excluding hydrogens is 296 g/mol. The molecule has 1 aliphatic heterocycles. The van der Waals surface area contributed by atoms with Crippen molar-refractivity contribution in [3.63, 3.8) is 0 Å². The summed E-state index contributed by atoms with van der Waals surface area (Å²) in [6, 6.07) is 18.0. The van der Waals surface area contributed by atoms with Crippen molar-refractivity contribution in [1.29, 1.82) is 0 Å². The monoisotopic (exact) mass is 316 g/mol. The summed E-state index contributed by atoms with van der Waals surface area (Å²) in [5.74, 6) is 0.105. The van der Waals surface area contributed by atoms with E-state index in [1.54, 1.807) is 6.92 Å². The van der Waals surface area contributed by atoms with Gasteiger partial charge in [0.05, 0.1) is 11.8 Å². The summed E-state index contributed by atoms with van der Waals surface area (Å²) in [6.07, 6.45) is 0.755. The first kappa shape index (κ1) is 15.1. The normalized spacial score (nSPS) is 18.0. The lowest BCUT2D eigenvalue weighted by atomic mass is 9.96. The SMILES string of the molecule is CCS(=O)(=O)NC1CCN(c2ccccc2)c2ccccc21. The van der Waals surface area contributed by atoms with Gasteiger partial charge in [-0.2, -0.15) is 0 Å². The van der Waals surface area contributed by atoms with Crippen LogP contribution in [0, 0.1) is 0 Å². The molecule has 0 aliphatic carbocycles. The van der Waals surface area contributed by atoms with E-state index in [2.05, 4.69) is 27.8 Å². The van der Waals surface area contributed by atoms with Crippen LogP contribution in [0.2, 0.25) is 0 Å². The molecule has 2 aromatic carbocycles. The fourth-order valence-corrected chi connectivity index (χ4v) is 3.71. The van der Waals surface area contributed by atoms with Crippen LogP contribution in [0.3, 0.4) is 0 Å². The van der Waals surface area contributed by atoms with Gasteiger partial charge in [-0.3, -0.25) is 0 Å². The van der Waals surface area contributed by atoms with Gasteiger partial charge in [0.1, 0.15) is 0 Å². The minimum Gasteiger partial charge on any atom is -0.341 e. The lowest BCUT2D eigenvalue weighted by molar-refractivity contribution is 0.533. The summed E-state index contributed by atoms with van der Waals surface area (Å²) in [7, 11) is -3.21. The van der Waals surface area contributed by atoms with Crippen molar-refractivity contribution in [2.24, 2.45) is 0 Å². The molecule has 1 heterocycles. The Morgan fingerprint density at radius 2 is 1.77 bits per heavy atom. The van der Waals surface area contributed by atoms with Crippen LogP contribution in [0.25, 0.3) is 0 Å². The molecule has 22 heavy (non-hydrogen) atoms. The molecule has 1 N–H and O–H groups in total. The molecule has 3 rings (SSSR count). The molecule has 1 atom stereocenters. The molecule has 0 fully saturated rings. The van der Waals surface area contributed by atoms with E-state index in [4.69, 9.17) is 0 Å². The highest BCUT2D eigenvalue weighted by atomic mass is 32.2. The van der Waals surface area contributed by atoms with Gasteiger partial charge in [-0.25, -0.2) is 13.1 Å². The zero-order chi connectivity index (χ0) is 15.6. The summed E-state index contributed by atoms with van der Waals surface area (Å²) < 4.78 is 26.6. The molecule has 2 aromatic rings. The number of nitrogens with zero attached hydrogens (tertiary/aromatic N) is 1. The van der Waals surface area contributed by atoms with Gasteiger partial charge < -0.3 is 4.90 Å². The van der Waals surface area contributed by atoms with E-state index in [1.807, 2.05) is 36.4 Å². The van der Waals surface area contributed by atoms with E-state index < -0.39 is 10.0 Å². The van der Waals surface area contributed by atoms with Crippen LogP contribution < -0.4 is 9.62 Å². The molecular formula is C17H20N2O2S. The number of para-hydroxylation sites is 2. The third kappa shape index (κ3) is 3.00. The maximum atomic E-state index is 11.9. The van der Waals surface area contributed by atoms with Gasteiger partial charge in [-0.1, -0.05) is 36.4 Å². The van der Waals surface area contributed by atoms with Crippen LogP contribution >= 0.6 is 0 Å². The summed E-state index contributed by atoms with van der Waals surface area (Å²) >= 11 is 0. The fourth-order valence-electron chi connectivity index (χ4n) is 2.86. The van der Waals surface area contributed by atoms with Crippen LogP contribution in [0.1, 0.15) is 24.9 Å². The predicted octanol–water partition coefficient (Wildman–Crippen LogP) is 3.21. The summed E-state index contributed by atoms with van der Waals surface area (Å²) in [5.41, 5.74) is 3.24. The molecule has 0 saturated heterocycles. The summed E-state index contributed by atoms with van der Waals surface area (Å²) in [6.45, 7) is 2.45. The number of benzene rings is 2. The largest absolute Gasteiger partial charge is 0.341 e. The first-order valence-corrected chi connectivity index (χ1v) is 9.17. The minimum absolute atomic E-state index is 0.105. The fraction of sp³-hybridized carbons (Fsp3) is 0.294. The van der Waals surface area contributed by atoms with Crippen molar-refractivity contribution >= 4 is 21.4 Å². The Morgan fingerprint density at radius 1 is 1.09 bits per heavy atom. The van der Waals surface area contributed by atoms with E-state index in [9.17, 15) is 8.42 Å². The maximum Gasteiger partial charge on any atom is 0.211 e. The topological polar surface area (TPSA) is 49.4 Å². The molecule has 0 aromatic heterocycles. The molecule has 1 unspecified atom stereocenters. The van der Waals surface area contributed by atoms with Gasteiger partial charge in [0.2, 0.25) is 10.0 Å². The smallest absolute Gasteiger partial charge is 0.211 e. The number of sulfonamides is 1. The lowest BCUT2D eigenvalue weighted by Crippen LogP contribution is -2.36. The Bertz CT molecular complexity index is 744. The standard InChI is InChI=1S/C17H20N2O2S/c1-2-22(20,21)18-16-12-13-19(14-8-4-3-5-9-14)17-11-7-6-10-15(16)17/h3-11,16,18H,2,12-13H2,1H3. The summed E-state index contributed by atoms with van der Waals surface area (Å²) in [5, 5.41) is 0. The van der Waals surface area contributed by atoms with Gasteiger partial charge in [0, 0.05) is 17.9 Å². The van der Waals surface area contributed by atoms with Gasteiger partial charge >= 0.3 is 0 Å². The maximum absolute atomic E-state index is 11.9. The lowest BCUT2D eigenvalue weighted by Gasteiger charge is -2.36.